The van der Waals surface area contributed by atoms with E-state index in [1.54, 1.807) is 0 Å². The van der Waals surface area contributed by atoms with Crippen LogP contribution in [0.25, 0.3) is 0 Å². The Morgan fingerprint density at radius 2 is 1.80 bits per heavy atom. The summed E-state index contributed by atoms with van der Waals surface area (Å²) in [5.41, 5.74) is 2.03. The molecule has 1 aromatic rings. The van der Waals surface area contributed by atoms with Crippen molar-refractivity contribution in [2.75, 3.05) is 20.6 Å². The fourth-order valence-corrected chi connectivity index (χ4v) is 1.44. The SMILES string of the molecule is Cc1ccc(C(=O)CCCN(C)C)cc1. The molecule has 0 saturated carbocycles. The standard InChI is InChI=1S/C13H19NO/c1-11-6-8-12(9-7-11)13(15)5-4-10-14(2)3/h6-9H,4-5,10H2,1-3H3. The third-order valence-electron chi connectivity index (χ3n) is 2.38. The highest BCUT2D eigenvalue weighted by atomic mass is 16.1. The maximum absolute atomic E-state index is 11.7. The van der Waals surface area contributed by atoms with Crippen LogP contribution < -0.4 is 0 Å². The van der Waals surface area contributed by atoms with Gasteiger partial charge in [-0.2, -0.15) is 0 Å². The molecule has 0 saturated heterocycles. The maximum atomic E-state index is 11.7. The molecule has 0 aliphatic rings. The first-order valence-corrected chi connectivity index (χ1v) is 5.34. The van der Waals surface area contributed by atoms with Crippen LogP contribution in [-0.4, -0.2) is 31.3 Å². The molecule has 0 radical (unpaired) electrons. The van der Waals surface area contributed by atoms with E-state index in [-0.39, 0.29) is 5.78 Å². The number of hydrogen-bond donors (Lipinski definition) is 0. The molecular weight excluding hydrogens is 186 g/mol. The summed E-state index contributed by atoms with van der Waals surface area (Å²) < 4.78 is 0. The smallest absolute Gasteiger partial charge is 0.162 e. The van der Waals surface area contributed by atoms with E-state index in [0.29, 0.717) is 6.42 Å². The van der Waals surface area contributed by atoms with Crippen LogP contribution in [0.4, 0.5) is 0 Å². The van der Waals surface area contributed by atoms with Crippen molar-refractivity contribution in [3.05, 3.63) is 35.4 Å². The summed E-state index contributed by atoms with van der Waals surface area (Å²) in [4.78, 5) is 13.8. The number of benzene rings is 1. The van der Waals surface area contributed by atoms with Gasteiger partial charge in [-0.1, -0.05) is 29.8 Å². The normalized spacial score (nSPS) is 10.7. The van der Waals surface area contributed by atoms with Gasteiger partial charge in [-0.3, -0.25) is 4.79 Å². The van der Waals surface area contributed by atoms with Crippen molar-refractivity contribution >= 4 is 5.78 Å². The second-order valence-electron chi connectivity index (χ2n) is 4.20. The van der Waals surface area contributed by atoms with Crippen LogP contribution in [0.15, 0.2) is 24.3 Å². The first kappa shape index (κ1) is 11.9. The molecule has 0 bridgehead atoms. The van der Waals surface area contributed by atoms with E-state index in [1.165, 1.54) is 5.56 Å². The summed E-state index contributed by atoms with van der Waals surface area (Å²) in [5.74, 6) is 0.247. The molecule has 0 fully saturated rings. The Kier molecular flexibility index (Phi) is 4.50. The molecule has 2 nitrogen and oxygen atoms in total. The molecule has 0 amide bonds. The van der Waals surface area contributed by atoms with Gasteiger partial charge in [0.2, 0.25) is 0 Å². The second-order valence-corrected chi connectivity index (χ2v) is 4.20. The summed E-state index contributed by atoms with van der Waals surface area (Å²) in [7, 11) is 4.05. The molecule has 0 atom stereocenters. The Bertz CT molecular complexity index is 314. The number of aryl methyl sites for hydroxylation is 1. The van der Waals surface area contributed by atoms with E-state index in [1.807, 2.05) is 45.3 Å². The van der Waals surface area contributed by atoms with Gasteiger partial charge in [0.1, 0.15) is 0 Å². The second kappa shape index (κ2) is 5.66. The Morgan fingerprint density at radius 3 is 2.33 bits per heavy atom. The van der Waals surface area contributed by atoms with Crippen molar-refractivity contribution in [3.8, 4) is 0 Å². The molecule has 0 aromatic heterocycles. The first-order valence-electron chi connectivity index (χ1n) is 5.34. The number of rotatable bonds is 5. The molecule has 0 aliphatic carbocycles. The minimum Gasteiger partial charge on any atom is -0.309 e. The average molecular weight is 205 g/mol. The topological polar surface area (TPSA) is 20.3 Å². The summed E-state index contributed by atoms with van der Waals surface area (Å²) in [6, 6.07) is 7.79. The summed E-state index contributed by atoms with van der Waals surface area (Å²) in [6.45, 7) is 3.00. The first-order chi connectivity index (χ1) is 7.09. The number of carbonyl (C=O) groups excluding carboxylic acids is 1. The molecule has 2 heteroatoms. The molecule has 0 heterocycles. The van der Waals surface area contributed by atoms with Gasteiger partial charge >= 0.3 is 0 Å². The molecule has 15 heavy (non-hydrogen) atoms. The lowest BCUT2D eigenvalue weighted by molar-refractivity contribution is 0.0977. The molecule has 1 rings (SSSR count). The van der Waals surface area contributed by atoms with Gasteiger partial charge in [-0.15, -0.1) is 0 Å². The van der Waals surface area contributed by atoms with Crippen LogP contribution in [0, 0.1) is 6.92 Å². The van der Waals surface area contributed by atoms with Gasteiger partial charge in [-0.05, 0) is 34.0 Å². The summed E-state index contributed by atoms with van der Waals surface area (Å²) in [5, 5.41) is 0. The van der Waals surface area contributed by atoms with E-state index < -0.39 is 0 Å². The number of Topliss-reactive ketones (excluding diaryl/α,β-unsaturated/α-hetero) is 1. The van der Waals surface area contributed by atoms with Crippen molar-refractivity contribution < 1.29 is 4.79 Å². The van der Waals surface area contributed by atoms with Crippen molar-refractivity contribution in [3.63, 3.8) is 0 Å². The number of hydrogen-bond acceptors (Lipinski definition) is 2. The average Bonchev–Trinajstić information content (AvgIpc) is 2.18. The Hall–Kier alpha value is -1.15. The minimum atomic E-state index is 0.247. The highest BCUT2D eigenvalue weighted by Gasteiger charge is 2.04. The monoisotopic (exact) mass is 205 g/mol. The highest BCUT2D eigenvalue weighted by Crippen LogP contribution is 2.07. The molecule has 82 valence electrons. The zero-order valence-corrected chi connectivity index (χ0v) is 9.79. The lowest BCUT2D eigenvalue weighted by Crippen LogP contribution is -2.14. The molecule has 0 aliphatic heterocycles. The number of ketones is 1. The molecule has 0 spiro atoms. The maximum Gasteiger partial charge on any atom is 0.162 e. The third-order valence-corrected chi connectivity index (χ3v) is 2.38. The van der Waals surface area contributed by atoms with Crippen LogP contribution in [-0.2, 0) is 0 Å². The molecular formula is C13H19NO. The van der Waals surface area contributed by atoms with Crippen LogP contribution in [0.5, 0.6) is 0 Å². The van der Waals surface area contributed by atoms with Gasteiger partial charge in [0.25, 0.3) is 0 Å². The van der Waals surface area contributed by atoms with Gasteiger partial charge in [0.15, 0.2) is 5.78 Å². The van der Waals surface area contributed by atoms with Gasteiger partial charge in [-0.25, -0.2) is 0 Å². The lowest BCUT2D eigenvalue weighted by atomic mass is 10.1. The fourth-order valence-electron chi connectivity index (χ4n) is 1.44. The van der Waals surface area contributed by atoms with Crippen LogP contribution in [0.2, 0.25) is 0 Å². The Labute approximate surface area is 91.9 Å². The van der Waals surface area contributed by atoms with E-state index in [9.17, 15) is 4.79 Å². The van der Waals surface area contributed by atoms with Crippen LogP contribution >= 0.6 is 0 Å². The Balaban J connectivity index is 2.43. The lowest BCUT2D eigenvalue weighted by Gasteiger charge is -2.08. The number of carbonyl (C=O) groups is 1. The zero-order chi connectivity index (χ0) is 11.3. The van der Waals surface area contributed by atoms with Crippen LogP contribution in [0.1, 0.15) is 28.8 Å². The molecule has 1 aromatic carbocycles. The summed E-state index contributed by atoms with van der Waals surface area (Å²) >= 11 is 0. The van der Waals surface area contributed by atoms with Crippen molar-refractivity contribution in [1.29, 1.82) is 0 Å². The third kappa shape index (κ3) is 4.26. The van der Waals surface area contributed by atoms with Crippen molar-refractivity contribution in [2.45, 2.75) is 19.8 Å². The van der Waals surface area contributed by atoms with Crippen LogP contribution in [0.3, 0.4) is 0 Å². The summed E-state index contributed by atoms with van der Waals surface area (Å²) in [6.07, 6.45) is 1.57. The number of nitrogens with zero attached hydrogens (tertiary/aromatic N) is 1. The van der Waals surface area contributed by atoms with Gasteiger partial charge < -0.3 is 4.90 Å². The van der Waals surface area contributed by atoms with Gasteiger partial charge in [0.05, 0.1) is 0 Å². The molecule has 0 unspecified atom stereocenters. The molecule has 0 N–H and O–H groups in total. The predicted octanol–water partition coefficient (Wildman–Crippen LogP) is 2.52. The quantitative estimate of drug-likeness (QED) is 0.688. The van der Waals surface area contributed by atoms with Crippen molar-refractivity contribution in [2.24, 2.45) is 0 Å². The van der Waals surface area contributed by atoms with E-state index >= 15 is 0 Å². The predicted molar refractivity (Wildman–Crippen MR) is 63.3 cm³/mol. The minimum absolute atomic E-state index is 0.247. The Morgan fingerprint density at radius 1 is 1.20 bits per heavy atom. The highest BCUT2D eigenvalue weighted by molar-refractivity contribution is 5.96. The largest absolute Gasteiger partial charge is 0.309 e. The van der Waals surface area contributed by atoms with E-state index in [2.05, 4.69) is 4.90 Å². The van der Waals surface area contributed by atoms with Crippen molar-refractivity contribution in [1.82, 2.24) is 4.90 Å². The van der Waals surface area contributed by atoms with E-state index in [4.69, 9.17) is 0 Å². The van der Waals surface area contributed by atoms with E-state index in [0.717, 1.165) is 18.5 Å². The van der Waals surface area contributed by atoms with Gasteiger partial charge in [0, 0.05) is 12.0 Å². The zero-order valence-electron chi connectivity index (χ0n) is 9.79. The fraction of sp³-hybridized carbons (Fsp3) is 0.462.